The molecule has 2 heterocycles. The number of piperidine rings is 1. The second-order valence-corrected chi connectivity index (χ2v) is 7.35. The number of rotatable bonds is 7. The van der Waals surface area contributed by atoms with E-state index in [1.54, 1.807) is 18.5 Å². The highest BCUT2D eigenvalue weighted by Gasteiger charge is 2.50. The molecule has 1 aliphatic rings. The number of likely N-dealkylation sites (tertiary alicyclic amines) is 1. The van der Waals surface area contributed by atoms with Gasteiger partial charge in [-0.15, -0.1) is 0 Å². The van der Waals surface area contributed by atoms with Crippen LogP contribution in [0.15, 0.2) is 36.7 Å². The van der Waals surface area contributed by atoms with Gasteiger partial charge in [-0.05, 0) is 48.9 Å². The number of hydrogen-bond donors (Lipinski definition) is 3. The van der Waals surface area contributed by atoms with Crippen molar-refractivity contribution in [1.82, 2.24) is 15.1 Å². The van der Waals surface area contributed by atoms with Crippen LogP contribution in [-0.4, -0.2) is 56.4 Å². The highest BCUT2D eigenvalue weighted by Crippen LogP contribution is 2.35. The zero-order chi connectivity index (χ0) is 20.1. The van der Waals surface area contributed by atoms with Crippen molar-refractivity contribution in [3.8, 4) is 0 Å². The van der Waals surface area contributed by atoms with E-state index in [2.05, 4.69) is 10.2 Å². The summed E-state index contributed by atoms with van der Waals surface area (Å²) in [5, 5.41) is 27.0. The lowest BCUT2D eigenvalue weighted by Crippen LogP contribution is -2.58. The summed E-state index contributed by atoms with van der Waals surface area (Å²) in [6.07, 6.45) is 4.12. The van der Waals surface area contributed by atoms with E-state index >= 15 is 0 Å². The number of carbonyl (C=O) groups excluding carboxylic acids is 1. The van der Waals surface area contributed by atoms with Crippen molar-refractivity contribution in [2.75, 3.05) is 13.1 Å². The fourth-order valence-electron chi connectivity index (χ4n) is 3.78. The number of nitrogens with zero attached hydrogens (tertiary/aromatic N) is 2. The number of benzene rings is 1. The molecule has 0 radical (unpaired) electrons. The molecule has 7 nitrogen and oxygen atoms in total. The lowest BCUT2D eigenvalue weighted by atomic mass is 9.72. The molecule has 1 amide bonds. The highest BCUT2D eigenvalue weighted by molar-refractivity contribution is 5.80. The second kappa shape index (κ2) is 8.52. The van der Waals surface area contributed by atoms with Crippen LogP contribution in [0.4, 0.5) is 4.39 Å². The number of aromatic nitrogens is 2. The molecule has 0 aliphatic carbocycles. The molecule has 3 rings (SSSR count). The van der Waals surface area contributed by atoms with E-state index in [0.717, 1.165) is 5.56 Å². The molecule has 0 spiro atoms. The van der Waals surface area contributed by atoms with Crippen molar-refractivity contribution in [2.45, 2.75) is 38.2 Å². The Morgan fingerprint density at radius 3 is 2.86 bits per heavy atom. The number of aryl methyl sites for hydroxylation is 1. The number of amides is 1. The number of carboxylic acid groups (broad SMARTS) is 1. The molecular formula is C20H24FN3O4. The first-order valence-corrected chi connectivity index (χ1v) is 9.32. The van der Waals surface area contributed by atoms with Gasteiger partial charge in [0, 0.05) is 25.7 Å². The van der Waals surface area contributed by atoms with Crippen molar-refractivity contribution in [2.24, 2.45) is 5.41 Å². The third-order valence-electron chi connectivity index (χ3n) is 5.38. The zero-order valence-corrected chi connectivity index (χ0v) is 15.5. The van der Waals surface area contributed by atoms with E-state index in [9.17, 15) is 24.2 Å². The van der Waals surface area contributed by atoms with Gasteiger partial charge in [-0.1, -0.05) is 12.1 Å². The van der Waals surface area contributed by atoms with Gasteiger partial charge in [0.15, 0.2) is 0 Å². The summed E-state index contributed by atoms with van der Waals surface area (Å²) in [6.45, 7) is 0.217. The van der Waals surface area contributed by atoms with Crippen LogP contribution in [0.25, 0.3) is 0 Å². The number of hydrogen-bond acceptors (Lipinski definition) is 4. The number of H-pyrrole nitrogens is 1. The first-order valence-electron chi connectivity index (χ1n) is 9.32. The second-order valence-electron chi connectivity index (χ2n) is 7.35. The van der Waals surface area contributed by atoms with Crippen molar-refractivity contribution < 1.29 is 24.2 Å². The van der Waals surface area contributed by atoms with Gasteiger partial charge >= 0.3 is 5.97 Å². The Hall–Kier alpha value is -2.74. The predicted octanol–water partition coefficient (Wildman–Crippen LogP) is 1.78. The Kier molecular flexibility index (Phi) is 6.08. The van der Waals surface area contributed by atoms with E-state index in [-0.39, 0.29) is 31.7 Å². The molecule has 2 atom stereocenters. The average molecular weight is 389 g/mol. The molecule has 0 bridgehead atoms. The van der Waals surface area contributed by atoms with Crippen LogP contribution >= 0.6 is 0 Å². The van der Waals surface area contributed by atoms with Crippen molar-refractivity contribution in [3.63, 3.8) is 0 Å². The summed E-state index contributed by atoms with van der Waals surface area (Å²) in [7, 11) is 0. The maximum atomic E-state index is 13.5. The molecule has 1 aromatic carbocycles. The van der Waals surface area contributed by atoms with Crippen LogP contribution in [0, 0.1) is 11.2 Å². The molecule has 1 fully saturated rings. The summed E-state index contributed by atoms with van der Waals surface area (Å²) >= 11 is 0. The normalized spacial score (nSPS) is 22.2. The first kappa shape index (κ1) is 20.0. The van der Waals surface area contributed by atoms with E-state index in [4.69, 9.17) is 0 Å². The number of aliphatic hydroxyl groups excluding tert-OH is 1. The number of aliphatic hydroxyl groups is 1. The van der Waals surface area contributed by atoms with Gasteiger partial charge in [-0.3, -0.25) is 14.7 Å². The third-order valence-corrected chi connectivity index (χ3v) is 5.38. The van der Waals surface area contributed by atoms with E-state index < -0.39 is 23.3 Å². The minimum absolute atomic E-state index is 0.0416. The van der Waals surface area contributed by atoms with Gasteiger partial charge in [0.25, 0.3) is 0 Å². The molecule has 3 N–H and O–H groups in total. The Morgan fingerprint density at radius 2 is 2.18 bits per heavy atom. The number of halogens is 1. The Labute approximate surface area is 162 Å². The number of aromatic amines is 1. The van der Waals surface area contributed by atoms with E-state index in [1.807, 2.05) is 0 Å². The molecule has 2 aromatic rings. The molecule has 1 aromatic heterocycles. The van der Waals surface area contributed by atoms with Gasteiger partial charge in [0.1, 0.15) is 11.2 Å². The molecule has 1 aliphatic heterocycles. The van der Waals surface area contributed by atoms with Crippen molar-refractivity contribution in [3.05, 3.63) is 53.6 Å². The number of nitrogens with one attached hydrogen (secondary N) is 1. The summed E-state index contributed by atoms with van der Waals surface area (Å²) in [5.74, 6) is -1.78. The number of aliphatic carboxylic acids is 1. The number of carboxylic acids is 1. The largest absolute Gasteiger partial charge is 0.481 e. The smallest absolute Gasteiger partial charge is 0.314 e. The van der Waals surface area contributed by atoms with Crippen LogP contribution in [-0.2, 0) is 22.4 Å². The molecule has 0 unspecified atom stereocenters. The Bertz CT molecular complexity index is 827. The molecule has 1 saturated heterocycles. The maximum absolute atomic E-state index is 13.5. The summed E-state index contributed by atoms with van der Waals surface area (Å²) in [5.41, 5.74) is -0.0599. The predicted molar refractivity (Wildman–Crippen MR) is 98.9 cm³/mol. The Morgan fingerprint density at radius 1 is 1.36 bits per heavy atom. The van der Waals surface area contributed by atoms with Crippen LogP contribution in [0.5, 0.6) is 0 Å². The van der Waals surface area contributed by atoms with Crippen molar-refractivity contribution in [1.29, 1.82) is 0 Å². The van der Waals surface area contributed by atoms with E-state index in [1.165, 1.54) is 23.1 Å². The molecule has 150 valence electrons. The minimum Gasteiger partial charge on any atom is -0.481 e. The molecule has 0 saturated carbocycles. The quantitative estimate of drug-likeness (QED) is 0.669. The van der Waals surface area contributed by atoms with Crippen LogP contribution < -0.4 is 0 Å². The lowest BCUT2D eigenvalue weighted by molar-refractivity contribution is -0.165. The third kappa shape index (κ3) is 4.39. The average Bonchev–Trinajstić information content (AvgIpc) is 3.17. The topological polar surface area (TPSA) is 107 Å². The van der Waals surface area contributed by atoms with Gasteiger partial charge in [0.2, 0.25) is 5.91 Å². The van der Waals surface area contributed by atoms with Crippen LogP contribution in [0.1, 0.15) is 30.4 Å². The summed E-state index contributed by atoms with van der Waals surface area (Å²) < 4.78 is 13.5. The monoisotopic (exact) mass is 389 g/mol. The SMILES string of the molecule is O=C(CCCc1cn[nH]c1)N1CC[C@H](O)[C@](Cc2cccc(F)c2)(C(=O)O)C1. The molecular weight excluding hydrogens is 365 g/mol. The van der Waals surface area contributed by atoms with Gasteiger partial charge in [-0.2, -0.15) is 5.10 Å². The molecule has 8 heteroatoms. The number of carbonyl (C=O) groups is 2. The van der Waals surface area contributed by atoms with Crippen LogP contribution in [0.2, 0.25) is 0 Å². The standard InChI is InChI=1S/C20H24FN3O4/c21-16-5-1-3-14(9-16)10-20(19(27)28)13-24(8-7-17(20)25)18(26)6-2-4-15-11-22-23-12-15/h1,3,5,9,11-12,17,25H,2,4,6-8,10,13H2,(H,22,23)(H,27,28)/t17-,20+/m0/s1. The Balaban J connectivity index is 1.69. The molecule has 28 heavy (non-hydrogen) atoms. The fraction of sp³-hybridized carbons (Fsp3) is 0.450. The first-order chi connectivity index (χ1) is 13.4. The lowest BCUT2D eigenvalue weighted by Gasteiger charge is -2.43. The fourth-order valence-corrected chi connectivity index (χ4v) is 3.78. The maximum Gasteiger partial charge on any atom is 0.314 e. The van der Waals surface area contributed by atoms with Crippen molar-refractivity contribution >= 4 is 11.9 Å². The summed E-state index contributed by atoms with van der Waals surface area (Å²) in [4.78, 5) is 26.2. The van der Waals surface area contributed by atoms with Crippen LogP contribution in [0.3, 0.4) is 0 Å². The minimum atomic E-state index is -1.55. The zero-order valence-electron chi connectivity index (χ0n) is 15.5. The van der Waals surface area contributed by atoms with Gasteiger partial charge < -0.3 is 15.1 Å². The van der Waals surface area contributed by atoms with Gasteiger partial charge in [-0.25, -0.2) is 4.39 Å². The van der Waals surface area contributed by atoms with E-state index in [0.29, 0.717) is 24.9 Å². The van der Waals surface area contributed by atoms with Gasteiger partial charge in [0.05, 0.1) is 12.3 Å². The summed E-state index contributed by atoms with van der Waals surface area (Å²) in [6, 6.07) is 5.69. The highest BCUT2D eigenvalue weighted by atomic mass is 19.1.